The number of amidine groups is 1. The lowest BCUT2D eigenvalue weighted by molar-refractivity contribution is -0.130. The van der Waals surface area contributed by atoms with Crippen LogP contribution in [0.4, 0.5) is 0 Å². The van der Waals surface area contributed by atoms with Crippen LogP contribution in [0, 0.1) is 11.3 Å². The topological polar surface area (TPSA) is 142 Å². The molecule has 3 unspecified atom stereocenters. The third-order valence-electron chi connectivity index (χ3n) is 9.48. The van der Waals surface area contributed by atoms with Gasteiger partial charge in [0, 0.05) is 53.4 Å². The van der Waals surface area contributed by atoms with Crippen molar-refractivity contribution >= 4 is 24.1 Å². The molecular formula is C40H66N8O3. The molecule has 0 saturated carbocycles. The minimum Gasteiger partial charge on any atom is -0.362 e. The van der Waals surface area contributed by atoms with Gasteiger partial charge in [0.15, 0.2) is 0 Å². The van der Waals surface area contributed by atoms with Crippen molar-refractivity contribution < 1.29 is 14.4 Å². The second kappa shape index (κ2) is 23.5. The first kappa shape index (κ1) is 45.0. The molecule has 3 rings (SSSR count). The SMILES string of the molecule is CC.CCCC1=C(/C=C(\C)CC)CCc2cc(C(=O)NC)ccc2C1(CC(CC)NCC(=O)N1CCCC1C#N)C(=NC)NN(C)C.CNC=O. The molecule has 2 aliphatic rings. The number of carbonyl (C=O) groups excluding carboxylic acids is 3. The maximum absolute atomic E-state index is 13.3. The first-order valence-corrected chi connectivity index (χ1v) is 18.7. The van der Waals surface area contributed by atoms with Crippen LogP contribution >= 0.6 is 0 Å². The van der Waals surface area contributed by atoms with Gasteiger partial charge in [-0.2, -0.15) is 5.26 Å². The van der Waals surface area contributed by atoms with Gasteiger partial charge in [0.2, 0.25) is 12.3 Å². The van der Waals surface area contributed by atoms with E-state index in [1.807, 2.05) is 46.1 Å². The molecule has 51 heavy (non-hydrogen) atoms. The molecule has 11 heteroatoms. The van der Waals surface area contributed by atoms with E-state index in [1.54, 1.807) is 19.0 Å². The van der Waals surface area contributed by atoms with Crippen LogP contribution in [0.3, 0.4) is 0 Å². The van der Waals surface area contributed by atoms with Crippen molar-refractivity contribution in [2.45, 2.75) is 117 Å². The van der Waals surface area contributed by atoms with E-state index in [1.165, 1.54) is 16.7 Å². The van der Waals surface area contributed by atoms with E-state index in [4.69, 9.17) is 9.79 Å². The van der Waals surface area contributed by atoms with Crippen LogP contribution in [0.1, 0.15) is 114 Å². The summed E-state index contributed by atoms with van der Waals surface area (Å²) in [6.45, 7) is 13.6. The zero-order chi connectivity index (χ0) is 38.6. The van der Waals surface area contributed by atoms with Crippen molar-refractivity contribution in [2.24, 2.45) is 4.99 Å². The van der Waals surface area contributed by atoms with Crippen LogP contribution in [0.15, 0.2) is 46.0 Å². The van der Waals surface area contributed by atoms with Gasteiger partial charge in [0.1, 0.15) is 11.9 Å². The van der Waals surface area contributed by atoms with Gasteiger partial charge in [-0.1, -0.05) is 58.8 Å². The minimum absolute atomic E-state index is 0.0216. The molecule has 1 heterocycles. The summed E-state index contributed by atoms with van der Waals surface area (Å²) in [6.07, 6.45) is 10.6. The zero-order valence-electron chi connectivity index (χ0n) is 33.3. The molecule has 4 N–H and O–H groups in total. The molecule has 0 bridgehead atoms. The van der Waals surface area contributed by atoms with Crippen LogP contribution in [0.5, 0.6) is 0 Å². The number of amides is 3. The number of benzene rings is 1. The molecule has 1 aromatic rings. The van der Waals surface area contributed by atoms with Crippen LogP contribution in [0.2, 0.25) is 0 Å². The summed E-state index contributed by atoms with van der Waals surface area (Å²) >= 11 is 0. The van der Waals surface area contributed by atoms with Crippen LogP contribution in [-0.2, 0) is 21.4 Å². The molecule has 0 aromatic heterocycles. The molecule has 1 aliphatic heterocycles. The number of nitrogens with one attached hydrogen (secondary N) is 4. The highest BCUT2D eigenvalue weighted by Crippen LogP contribution is 2.47. The lowest BCUT2D eigenvalue weighted by atomic mass is 9.65. The lowest BCUT2D eigenvalue weighted by Gasteiger charge is -2.43. The molecule has 11 nitrogen and oxygen atoms in total. The summed E-state index contributed by atoms with van der Waals surface area (Å²) in [6, 6.07) is 8.06. The molecule has 284 valence electrons. The summed E-state index contributed by atoms with van der Waals surface area (Å²) < 4.78 is 0. The molecule has 1 aliphatic carbocycles. The van der Waals surface area contributed by atoms with Crippen LogP contribution in [-0.4, -0.2) is 94.4 Å². The standard InChI is InChI=1S/C36H55N7O2.C2H5NO.C2H6/c1-9-13-31-26(20-25(4)10-2)15-16-27-21-28(34(45)38-5)17-18-32(27)36(31,35(39-6)41-42(7)8)22-29(11-3)40-24-33(44)43-19-12-14-30(43)23-37;1-3-2-4;1-2/h17-18,20-21,29-30,40H,9-16,19,22,24H2,1-8H3,(H,38,45)(H,39,41);2H,1H3,(H,3,4);1-2H3/b25-20+;;. The number of fused-ring (bicyclic) bond motifs is 1. The Labute approximate surface area is 308 Å². The van der Waals surface area contributed by atoms with E-state index in [9.17, 15) is 14.9 Å². The fraction of sp³-hybridized carbons (Fsp3) is 0.625. The number of nitriles is 1. The Morgan fingerprint density at radius 2 is 1.86 bits per heavy atom. The third kappa shape index (κ3) is 12.0. The Kier molecular flexibility index (Phi) is 20.7. The maximum atomic E-state index is 13.3. The number of carbonyl (C=O) groups is 3. The number of hydrazine groups is 1. The molecule has 3 amide bonds. The van der Waals surface area contributed by atoms with E-state index in [0.29, 0.717) is 24.9 Å². The molecule has 1 saturated heterocycles. The monoisotopic (exact) mass is 707 g/mol. The van der Waals surface area contributed by atoms with Crippen molar-refractivity contribution in [3.05, 3.63) is 57.7 Å². The van der Waals surface area contributed by atoms with Gasteiger partial charge in [0.05, 0.1) is 18.0 Å². The summed E-state index contributed by atoms with van der Waals surface area (Å²) in [5.74, 6) is 0.726. The van der Waals surface area contributed by atoms with Crippen LogP contribution < -0.4 is 21.4 Å². The molecule has 1 aromatic carbocycles. The van der Waals surface area contributed by atoms with Gasteiger partial charge in [-0.3, -0.25) is 19.4 Å². The highest BCUT2D eigenvalue weighted by Gasteiger charge is 2.46. The van der Waals surface area contributed by atoms with E-state index >= 15 is 0 Å². The Balaban J connectivity index is 0.00000202. The molecule has 3 atom stereocenters. The Morgan fingerprint density at radius 3 is 2.39 bits per heavy atom. The Bertz CT molecular complexity index is 1410. The summed E-state index contributed by atoms with van der Waals surface area (Å²) in [5.41, 5.74) is 9.90. The maximum Gasteiger partial charge on any atom is 0.251 e. The fourth-order valence-electron chi connectivity index (χ4n) is 6.95. The number of allylic oxidation sites excluding steroid dienone is 3. The van der Waals surface area contributed by atoms with Crippen molar-refractivity contribution in [3.63, 3.8) is 0 Å². The van der Waals surface area contributed by atoms with Gasteiger partial charge >= 0.3 is 0 Å². The third-order valence-corrected chi connectivity index (χ3v) is 9.48. The predicted octanol–water partition coefficient (Wildman–Crippen LogP) is 5.44. The first-order valence-electron chi connectivity index (χ1n) is 18.7. The first-order chi connectivity index (χ1) is 24.5. The summed E-state index contributed by atoms with van der Waals surface area (Å²) in [5, 5.41) is 20.2. The average molecular weight is 707 g/mol. The molecule has 1 fully saturated rings. The molecule has 0 radical (unpaired) electrons. The van der Waals surface area contributed by atoms with Gasteiger partial charge in [0.25, 0.3) is 5.91 Å². The number of hydrogen-bond acceptors (Lipinski definition) is 7. The number of nitrogens with zero attached hydrogens (tertiary/aromatic N) is 4. The average Bonchev–Trinajstić information content (AvgIpc) is 3.60. The molecule has 0 spiro atoms. The minimum atomic E-state index is -0.637. The number of aliphatic imine (C=N–C) groups is 1. The van der Waals surface area contributed by atoms with E-state index < -0.39 is 5.41 Å². The Hall–Kier alpha value is -4.01. The van der Waals surface area contributed by atoms with E-state index in [2.05, 4.69) is 73.3 Å². The quantitative estimate of drug-likeness (QED) is 0.0874. The van der Waals surface area contributed by atoms with Crippen LogP contribution in [0.25, 0.3) is 0 Å². The van der Waals surface area contributed by atoms with Crippen molar-refractivity contribution in [1.29, 1.82) is 5.26 Å². The smallest absolute Gasteiger partial charge is 0.251 e. The normalized spacial score (nSPS) is 19.4. The summed E-state index contributed by atoms with van der Waals surface area (Å²) in [7, 11) is 9.03. The fourth-order valence-corrected chi connectivity index (χ4v) is 6.95. The number of hydrogen-bond donors (Lipinski definition) is 4. The highest BCUT2D eigenvalue weighted by atomic mass is 16.2. The van der Waals surface area contributed by atoms with Gasteiger partial charge < -0.3 is 26.3 Å². The van der Waals surface area contributed by atoms with Crippen molar-refractivity contribution in [1.82, 2.24) is 31.3 Å². The Morgan fingerprint density at radius 1 is 1.18 bits per heavy atom. The van der Waals surface area contributed by atoms with E-state index in [0.717, 1.165) is 68.3 Å². The van der Waals surface area contributed by atoms with Crippen molar-refractivity contribution in [3.8, 4) is 6.07 Å². The zero-order valence-corrected chi connectivity index (χ0v) is 33.3. The predicted molar refractivity (Wildman–Crippen MR) is 210 cm³/mol. The number of rotatable bonds is 14. The second-order valence-corrected chi connectivity index (χ2v) is 13.0. The number of likely N-dealkylation sites (tertiary alicyclic amines) is 1. The molecular weight excluding hydrogens is 640 g/mol. The number of aryl methyl sites for hydroxylation is 1. The lowest BCUT2D eigenvalue weighted by Crippen LogP contribution is -2.54. The van der Waals surface area contributed by atoms with E-state index in [-0.39, 0.29) is 30.4 Å². The van der Waals surface area contributed by atoms with Gasteiger partial charge in [-0.05, 0) is 92.7 Å². The van der Waals surface area contributed by atoms with Gasteiger partial charge in [-0.25, -0.2) is 5.01 Å². The highest BCUT2D eigenvalue weighted by molar-refractivity contribution is 5.98. The van der Waals surface area contributed by atoms with Gasteiger partial charge in [-0.15, -0.1) is 0 Å². The largest absolute Gasteiger partial charge is 0.362 e. The van der Waals surface area contributed by atoms with Crippen molar-refractivity contribution in [2.75, 3.05) is 48.3 Å². The summed E-state index contributed by atoms with van der Waals surface area (Å²) in [4.78, 5) is 41.8. The second-order valence-electron chi connectivity index (χ2n) is 13.0.